The number of benzene rings is 1. The number of pyridine rings is 1. The molecule has 2 rings (SSSR count). The number of halogens is 1. The first-order valence-electron chi connectivity index (χ1n) is 5.02. The van der Waals surface area contributed by atoms with Gasteiger partial charge in [0.2, 0.25) is 0 Å². The smallest absolute Gasteiger partial charge is 0.153 e. The third kappa shape index (κ3) is 2.68. The predicted octanol–water partition coefficient (Wildman–Crippen LogP) is 3.18. The van der Waals surface area contributed by atoms with Crippen molar-refractivity contribution in [2.45, 2.75) is 0 Å². The van der Waals surface area contributed by atoms with Gasteiger partial charge in [-0.25, -0.2) is 4.98 Å². The lowest BCUT2D eigenvalue weighted by Crippen LogP contribution is -1.99. The molecule has 3 N–H and O–H groups in total. The fourth-order valence-electron chi connectivity index (χ4n) is 1.38. The van der Waals surface area contributed by atoms with Gasteiger partial charge in [-0.15, -0.1) is 0 Å². The number of methoxy groups -OCH3 is 1. The van der Waals surface area contributed by atoms with Crippen LogP contribution in [-0.4, -0.2) is 12.1 Å². The Balaban J connectivity index is 2.32. The molecule has 1 aromatic carbocycles. The van der Waals surface area contributed by atoms with Gasteiger partial charge in [-0.3, -0.25) is 0 Å². The summed E-state index contributed by atoms with van der Waals surface area (Å²) in [7, 11) is 1.63. The molecule has 0 saturated heterocycles. The van der Waals surface area contributed by atoms with E-state index in [0.717, 1.165) is 15.9 Å². The fraction of sp³-hybridized carbons (Fsp3) is 0.0833. The van der Waals surface area contributed by atoms with Crippen LogP contribution >= 0.6 is 15.9 Å². The van der Waals surface area contributed by atoms with Gasteiger partial charge in [-0.1, -0.05) is 0 Å². The van der Waals surface area contributed by atoms with Crippen LogP contribution in [0.4, 0.5) is 17.2 Å². The highest BCUT2D eigenvalue weighted by Gasteiger charge is 2.05. The molecule has 1 aromatic heterocycles. The van der Waals surface area contributed by atoms with E-state index in [9.17, 15) is 0 Å². The first-order chi connectivity index (χ1) is 8.20. The Hall–Kier alpha value is -1.75. The van der Waals surface area contributed by atoms with Gasteiger partial charge in [0.1, 0.15) is 5.75 Å². The topological polar surface area (TPSA) is 60.2 Å². The fourth-order valence-corrected chi connectivity index (χ4v) is 1.72. The largest absolute Gasteiger partial charge is 0.497 e. The van der Waals surface area contributed by atoms with Gasteiger partial charge >= 0.3 is 0 Å². The second kappa shape index (κ2) is 5.05. The third-order valence-corrected chi connectivity index (χ3v) is 2.96. The van der Waals surface area contributed by atoms with Gasteiger partial charge in [-0.2, -0.15) is 0 Å². The summed E-state index contributed by atoms with van der Waals surface area (Å²) in [6, 6.07) is 9.24. The van der Waals surface area contributed by atoms with Crippen molar-refractivity contribution in [2.24, 2.45) is 0 Å². The molecule has 0 bridgehead atoms. The van der Waals surface area contributed by atoms with Crippen LogP contribution in [-0.2, 0) is 0 Å². The van der Waals surface area contributed by atoms with Crippen molar-refractivity contribution in [1.82, 2.24) is 4.98 Å². The zero-order valence-electron chi connectivity index (χ0n) is 9.27. The highest BCUT2D eigenvalue weighted by Crippen LogP contribution is 2.30. The average Bonchev–Trinajstić information content (AvgIpc) is 2.35. The van der Waals surface area contributed by atoms with Crippen molar-refractivity contribution >= 4 is 33.1 Å². The van der Waals surface area contributed by atoms with E-state index in [1.807, 2.05) is 18.2 Å². The maximum absolute atomic E-state index is 5.82. The molecule has 0 saturated carbocycles. The Bertz CT molecular complexity index is 531. The molecule has 0 amide bonds. The van der Waals surface area contributed by atoms with E-state index < -0.39 is 0 Å². The molecule has 0 aliphatic heterocycles. The van der Waals surface area contributed by atoms with Crippen molar-refractivity contribution in [2.75, 3.05) is 18.2 Å². The normalized spacial score (nSPS) is 10.0. The van der Waals surface area contributed by atoms with Gasteiger partial charge in [-0.05, 0) is 40.2 Å². The van der Waals surface area contributed by atoms with E-state index in [1.165, 1.54) is 0 Å². The van der Waals surface area contributed by atoms with Crippen LogP contribution in [0.3, 0.4) is 0 Å². The first-order valence-corrected chi connectivity index (χ1v) is 5.81. The molecule has 4 nitrogen and oxygen atoms in total. The van der Waals surface area contributed by atoms with Crippen molar-refractivity contribution < 1.29 is 4.74 Å². The Kier molecular flexibility index (Phi) is 3.49. The summed E-state index contributed by atoms with van der Waals surface area (Å²) >= 11 is 3.46. The van der Waals surface area contributed by atoms with Gasteiger partial charge in [0.15, 0.2) is 5.82 Å². The van der Waals surface area contributed by atoms with E-state index >= 15 is 0 Å². The lowest BCUT2D eigenvalue weighted by atomic mass is 10.3. The summed E-state index contributed by atoms with van der Waals surface area (Å²) in [5, 5.41) is 3.15. The second-order valence-electron chi connectivity index (χ2n) is 3.41. The van der Waals surface area contributed by atoms with Crippen molar-refractivity contribution in [3.05, 3.63) is 41.0 Å². The molecule has 2 aromatic rings. The zero-order valence-corrected chi connectivity index (χ0v) is 10.9. The van der Waals surface area contributed by atoms with Crippen LogP contribution in [0.2, 0.25) is 0 Å². The molecule has 0 aliphatic rings. The average molecular weight is 294 g/mol. The number of nitrogen functional groups attached to an aromatic ring is 1. The molecule has 0 radical (unpaired) electrons. The number of ether oxygens (including phenoxy) is 1. The summed E-state index contributed by atoms with van der Waals surface area (Å²) < 4.78 is 6.09. The highest BCUT2D eigenvalue weighted by molar-refractivity contribution is 9.10. The van der Waals surface area contributed by atoms with Crippen LogP contribution in [0.25, 0.3) is 0 Å². The van der Waals surface area contributed by atoms with Crippen molar-refractivity contribution in [3.63, 3.8) is 0 Å². The van der Waals surface area contributed by atoms with Gasteiger partial charge in [0.25, 0.3) is 0 Å². The first kappa shape index (κ1) is 11.7. The number of nitrogens with two attached hydrogens (primary N) is 1. The minimum atomic E-state index is 0.599. The Labute approximate surface area is 108 Å². The Morgan fingerprint density at radius 1 is 1.35 bits per heavy atom. The number of rotatable bonds is 3. The summed E-state index contributed by atoms with van der Waals surface area (Å²) in [6.07, 6.45) is 1.69. The third-order valence-electron chi connectivity index (χ3n) is 2.27. The standard InChI is InChI=1S/C12H12BrN3O/c1-17-8-4-5-9(13)11(7-8)16-12-10(14)3-2-6-15-12/h2-7H,14H2,1H3,(H,15,16). The maximum Gasteiger partial charge on any atom is 0.153 e. The van der Waals surface area contributed by atoms with Crippen molar-refractivity contribution in [1.29, 1.82) is 0 Å². The number of anilines is 3. The van der Waals surface area contributed by atoms with Crippen molar-refractivity contribution in [3.8, 4) is 5.75 Å². The van der Waals surface area contributed by atoms with Gasteiger partial charge < -0.3 is 15.8 Å². The molecule has 88 valence electrons. The van der Waals surface area contributed by atoms with E-state index in [1.54, 1.807) is 25.4 Å². The molecule has 0 aliphatic carbocycles. The van der Waals surface area contributed by atoms with E-state index in [-0.39, 0.29) is 0 Å². The Morgan fingerprint density at radius 2 is 2.18 bits per heavy atom. The zero-order chi connectivity index (χ0) is 12.3. The second-order valence-corrected chi connectivity index (χ2v) is 4.27. The minimum Gasteiger partial charge on any atom is -0.497 e. The summed E-state index contributed by atoms with van der Waals surface area (Å²) in [4.78, 5) is 4.17. The minimum absolute atomic E-state index is 0.599. The number of aromatic nitrogens is 1. The molecule has 0 spiro atoms. The summed E-state index contributed by atoms with van der Waals surface area (Å²) in [6.45, 7) is 0. The number of hydrogen-bond acceptors (Lipinski definition) is 4. The van der Waals surface area contributed by atoms with E-state index in [0.29, 0.717) is 11.5 Å². The molecular weight excluding hydrogens is 282 g/mol. The lowest BCUT2D eigenvalue weighted by Gasteiger charge is -2.11. The number of nitrogens with zero attached hydrogens (tertiary/aromatic N) is 1. The number of nitrogens with one attached hydrogen (secondary N) is 1. The number of hydrogen-bond donors (Lipinski definition) is 2. The molecular formula is C12H12BrN3O. The molecule has 5 heteroatoms. The lowest BCUT2D eigenvalue weighted by molar-refractivity contribution is 0.415. The molecule has 1 heterocycles. The van der Waals surface area contributed by atoms with Gasteiger partial charge in [0, 0.05) is 16.7 Å². The van der Waals surface area contributed by atoms with E-state index in [4.69, 9.17) is 10.5 Å². The predicted molar refractivity (Wildman–Crippen MR) is 72.6 cm³/mol. The highest BCUT2D eigenvalue weighted by atomic mass is 79.9. The molecule has 0 unspecified atom stereocenters. The quantitative estimate of drug-likeness (QED) is 0.912. The summed E-state index contributed by atoms with van der Waals surface area (Å²) in [5.74, 6) is 1.40. The SMILES string of the molecule is COc1ccc(Br)c(Nc2ncccc2N)c1. The summed E-state index contributed by atoms with van der Waals surface area (Å²) in [5.41, 5.74) is 7.27. The van der Waals surface area contributed by atoms with E-state index in [2.05, 4.69) is 26.2 Å². The van der Waals surface area contributed by atoms with Crippen LogP contribution < -0.4 is 15.8 Å². The van der Waals surface area contributed by atoms with Crippen LogP contribution in [0.5, 0.6) is 5.75 Å². The van der Waals surface area contributed by atoms with Crippen LogP contribution in [0.15, 0.2) is 41.0 Å². The van der Waals surface area contributed by atoms with Gasteiger partial charge in [0.05, 0.1) is 18.5 Å². The van der Waals surface area contributed by atoms with Crippen LogP contribution in [0.1, 0.15) is 0 Å². The monoisotopic (exact) mass is 293 g/mol. The molecule has 0 atom stereocenters. The van der Waals surface area contributed by atoms with Crippen LogP contribution in [0, 0.1) is 0 Å². The Morgan fingerprint density at radius 3 is 2.88 bits per heavy atom. The maximum atomic E-state index is 5.82. The molecule has 0 fully saturated rings. The molecule has 17 heavy (non-hydrogen) atoms.